The molecule has 0 spiro atoms. The lowest BCUT2D eigenvalue weighted by atomic mass is 9.94. The van der Waals surface area contributed by atoms with Gasteiger partial charge in [0.25, 0.3) is 0 Å². The van der Waals surface area contributed by atoms with Crippen LogP contribution in [-0.2, 0) is 21.2 Å². The van der Waals surface area contributed by atoms with Crippen LogP contribution < -0.4 is 5.32 Å². The largest absolute Gasteiger partial charge is 0.349 e. The van der Waals surface area contributed by atoms with Gasteiger partial charge in [0.2, 0.25) is 5.91 Å². The van der Waals surface area contributed by atoms with E-state index in [4.69, 9.17) is 11.6 Å². The molecule has 1 saturated heterocycles. The van der Waals surface area contributed by atoms with Crippen molar-refractivity contribution in [3.63, 3.8) is 0 Å². The molecular formula is C22H26ClFN2O3S. The molecule has 1 heterocycles. The first-order valence-electron chi connectivity index (χ1n) is 9.91. The number of carbonyl (C=O) groups excluding carboxylic acids is 1. The third-order valence-electron chi connectivity index (χ3n) is 5.57. The first-order chi connectivity index (χ1) is 14.1. The van der Waals surface area contributed by atoms with Crippen molar-refractivity contribution >= 4 is 27.3 Å². The molecule has 1 atom stereocenters. The average Bonchev–Trinajstić information content (AvgIpc) is 2.70. The number of nitrogens with zero attached hydrogens (tertiary/aromatic N) is 1. The first-order valence-corrected chi connectivity index (χ1v) is 12.2. The van der Waals surface area contributed by atoms with E-state index in [-0.39, 0.29) is 28.6 Å². The van der Waals surface area contributed by atoms with E-state index in [0.717, 1.165) is 5.56 Å². The van der Waals surface area contributed by atoms with Gasteiger partial charge in [-0.05, 0) is 62.7 Å². The van der Waals surface area contributed by atoms with Crippen LogP contribution >= 0.6 is 11.6 Å². The lowest BCUT2D eigenvalue weighted by molar-refractivity contribution is -0.127. The lowest BCUT2D eigenvalue weighted by Crippen LogP contribution is -2.41. The summed E-state index contributed by atoms with van der Waals surface area (Å²) in [4.78, 5) is 15.0. The quantitative estimate of drug-likeness (QED) is 0.720. The molecule has 1 amide bonds. The Morgan fingerprint density at radius 3 is 2.40 bits per heavy atom. The van der Waals surface area contributed by atoms with E-state index in [1.807, 2.05) is 6.92 Å². The highest BCUT2D eigenvalue weighted by molar-refractivity contribution is 7.90. The smallest absolute Gasteiger partial charge is 0.223 e. The van der Waals surface area contributed by atoms with Gasteiger partial charge in [-0.2, -0.15) is 0 Å². The van der Waals surface area contributed by atoms with Crippen molar-refractivity contribution in [1.82, 2.24) is 10.2 Å². The van der Waals surface area contributed by atoms with Gasteiger partial charge in [0, 0.05) is 29.3 Å². The molecule has 1 aliphatic heterocycles. The molecule has 0 saturated carbocycles. The minimum absolute atomic E-state index is 0.0155. The van der Waals surface area contributed by atoms with Gasteiger partial charge in [0.15, 0.2) is 9.84 Å². The number of nitrogens with one attached hydrogen (secondary N) is 1. The van der Waals surface area contributed by atoms with Gasteiger partial charge in [-0.3, -0.25) is 9.69 Å². The van der Waals surface area contributed by atoms with Crippen molar-refractivity contribution in [2.24, 2.45) is 5.92 Å². The summed E-state index contributed by atoms with van der Waals surface area (Å²) in [5.74, 6) is -0.425. The fraction of sp³-hybridized carbons (Fsp3) is 0.409. The molecule has 0 aromatic heterocycles. The second kappa shape index (κ2) is 9.45. The number of rotatable bonds is 6. The second-order valence-corrected chi connectivity index (χ2v) is 10.2. The Morgan fingerprint density at radius 1 is 1.20 bits per heavy atom. The normalized spacial score (nSPS) is 16.9. The number of carbonyl (C=O) groups is 1. The predicted octanol–water partition coefficient (Wildman–Crippen LogP) is 3.97. The highest BCUT2D eigenvalue weighted by Gasteiger charge is 2.26. The molecule has 2 aromatic carbocycles. The third-order valence-corrected chi connectivity index (χ3v) is 7.05. The van der Waals surface area contributed by atoms with Crippen LogP contribution in [0.5, 0.6) is 0 Å². The Morgan fingerprint density at radius 2 is 1.83 bits per heavy atom. The topological polar surface area (TPSA) is 66.5 Å². The minimum atomic E-state index is -3.24. The van der Waals surface area contributed by atoms with E-state index < -0.39 is 9.84 Å². The first kappa shape index (κ1) is 22.7. The third kappa shape index (κ3) is 5.59. The molecule has 2 aromatic rings. The predicted molar refractivity (Wildman–Crippen MR) is 116 cm³/mol. The van der Waals surface area contributed by atoms with E-state index in [2.05, 4.69) is 10.2 Å². The Balaban J connectivity index is 1.52. The maximum atomic E-state index is 14.0. The standard InChI is InChI=1S/C22H26ClFN2O3S/c1-15(16-6-8-18(9-7-16)30(2,28)29)25-22(27)17-10-12-26(13-11-17)14-19-20(23)4-3-5-21(19)24/h3-9,15,17H,10-14H2,1-2H3,(H,25,27). The molecule has 1 aliphatic rings. The zero-order valence-corrected chi connectivity index (χ0v) is 18.6. The Bertz CT molecular complexity index is 983. The monoisotopic (exact) mass is 452 g/mol. The number of hydrogen-bond acceptors (Lipinski definition) is 4. The van der Waals surface area contributed by atoms with Gasteiger partial charge in [-0.1, -0.05) is 29.8 Å². The highest BCUT2D eigenvalue weighted by atomic mass is 35.5. The molecule has 0 radical (unpaired) electrons. The highest BCUT2D eigenvalue weighted by Crippen LogP contribution is 2.25. The van der Waals surface area contributed by atoms with E-state index in [9.17, 15) is 17.6 Å². The zero-order valence-electron chi connectivity index (χ0n) is 17.1. The molecule has 0 aliphatic carbocycles. The van der Waals surface area contributed by atoms with Crippen LogP contribution in [0.15, 0.2) is 47.4 Å². The molecule has 0 bridgehead atoms. The maximum Gasteiger partial charge on any atom is 0.223 e. The summed E-state index contributed by atoms with van der Waals surface area (Å²) in [7, 11) is -3.24. The van der Waals surface area contributed by atoms with Gasteiger partial charge in [-0.15, -0.1) is 0 Å². The van der Waals surface area contributed by atoms with Crippen molar-refractivity contribution in [2.45, 2.75) is 37.2 Å². The molecule has 1 N–H and O–H groups in total. The minimum Gasteiger partial charge on any atom is -0.349 e. The van der Waals surface area contributed by atoms with Crippen molar-refractivity contribution in [2.75, 3.05) is 19.3 Å². The molecule has 1 fully saturated rings. The summed E-state index contributed by atoms with van der Waals surface area (Å²) < 4.78 is 37.1. The maximum absolute atomic E-state index is 14.0. The molecule has 1 unspecified atom stereocenters. The van der Waals surface area contributed by atoms with Crippen LogP contribution in [0.2, 0.25) is 5.02 Å². The van der Waals surface area contributed by atoms with Crippen molar-refractivity contribution < 1.29 is 17.6 Å². The van der Waals surface area contributed by atoms with Crippen molar-refractivity contribution in [3.05, 3.63) is 64.4 Å². The van der Waals surface area contributed by atoms with E-state index in [1.54, 1.807) is 36.4 Å². The number of amides is 1. The summed E-state index contributed by atoms with van der Waals surface area (Å²) in [6, 6.07) is 11.0. The zero-order chi connectivity index (χ0) is 21.9. The number of hydrogen-bond donors (Lipinski definition) is 1. The molecule has 162 valence electrons. The molecular weight excluding hydrogens is 427 g/mol. The Hall–Kier alpha value is -1.96. The summed E-state index contributed by atoms with van der Waals surface area (Å²) in [6.07, 6.45) is 2.55. The molecule has 30 heavy (non-hydrogen) atoms. The van der Waals surface area contributed by atoms with Crippen LogP contribution in [0.3, 0.4) is 0 Å². The SMILES string of the molecule is CC(NC(=O)C1CCN(Cc2c(F)cccc2Cl)CC1)c1ccc(S(C)(=O)=O)cc1. The van der Waals surface area contributed by atoms with Crippen LogP contribution in [0, 0.1) is 11.7 Å². The summed E-state index contributed by atoms with van der Waals surface area (Å²) in [5, 5.41) is 3.44. The Labute approximate surface area is 182 Å². The number of likely N-dealkylation sites (tertiary alicyclic amines) is 1. The van der Waals surface area contributed by atoms with Crippen LogP contribution in [-0.4, -0.2) is 38.6 Å². The van der Waals surface area contributed by atoms with E-state index in [0.29, 0.717) is 43.1 Å². The fourth-order valence-electron chi connectivity index (χ4n) is 3.68. The van der Waals surface area contributed by atoms with Gasteiger partial charge in [-0.25, -0.2) is 12.8 Å². The summed E-state index contributed by atoms with van der Waals surface area (Å²) in [6.45, 7) is 3.70. The van der Waals surface area contributed by atoms with Gasteiger partial charge in [0.05, 0.1) is 10.9 Å². The number of benzene rings is 2. The van der Waals surface area contributed by atoms with E-state index in [1.165, 1.54) is 12.3 Å². The van der Waals surface area contributed by atoms with Crippen molar-refractivity contribution in [3.8, 4) is 0 Å². The van der Waals surface area contributed by atoms with Crippen LogP contribution in [0.4, 0.5) is 4.39 Å². The van der Waals surface area contributed by atoms with Crippen LogP contribution in [0.1, 0.15) is 36.9 Å². The number of halogens is 2. The average molecular weight is 453 g/mol. The molecule has 3 rings (SSSR count). The lowest BCUT2D eigenvalue weighted by Gasteiger charge is -2.32. The summed E-state index contributed by atoms with van der Waals surface area (Å²) in [5.41, 5.74) is 1.34. The second-order valence-electron chi connectivity index (χ2n) is 7.82. The van der Waals surface area contributed by atoms with Crippen molar-refractivity contribution in [1.29, 1.82) is 0 Å². The van der Waals surface area contributed by atoms with Crippen LogP contribution in [0.25, 0.3) is 0 Å². The van der Waals surface area contributed by atoms with Gasteiger partial charge >= 0.3 is 0 Å². The van der Waals surface area contributed by atoms with Gasteiger partial charge < -0.3 is 5.32 Å². The fourth-order valence-corrected chi connectivity index (χ4v) is 4.53. The molecule has 8 heteroatoms. The Kier molecular flexibility index (Phi) is 7.16. The van der Waals surface area contributed by atoms with E-state index >= 15 is 0 Å². The molecule has 5 nitrogen and oxygen atoms in total. The van der Waals surface area contributed by atoms with Gasteiger partial charge in [0.1, 0.15) is 5.82 Å². The summed E-state index contributed by atoms with van der Waals surface area (Å²) >= 11 is 6.11. The number of piperidine rings is 1. The number of sulfone groups is 1.